The van der Waals surface area contributed by atoms with E-state index in [-0.39, 0.29) is 11.9 Å². The number of benzene rings is 2. The molecule has 120 valence electrons. The normalized spacial score (nSPS) is 14.0. The molecule has 6 heteroatoms. The van der Waals surface area contributed by atoms with Gasteiger partial charge in [-0.3, -0.25) is 0 Å². The zero-order chi connectivity index (χ0) is 16.2. The molecule has 1 aliphatic heterocycles. The Bertz CT molecular complexity index is 706. The molecule has 3 rings (SSSR count). The van der Waals surface area contributed by atoms with Gasteiger partial charge in [-0.25, -0.2) is 4.39 Å². The molecule has 2 N–H and O–H groups in total. The van der Waals surface area contributed by atoms with Crippen LogP contribution < -0.4 is 20.1 Å². The largest absolute Gasteiger partial charge is 0.486 e. The van der Waals surface area contributed by atoms with E-state index in [1.807, 2.05) is 25.1 Å². The molecule has 1 atom stereocenters. The van der Waals surface area contributed by atoms with E-state index < -0.39 is 0 Å². The van der Waals surface area contributed by atoms with Crippen molar-refractivity contribution in [3.63, 3.8) is 0 Å². The van der Waals surface area contributed by atoms with E-state index in [0.29, 0.717) is 24.1 Å². The number of thiocarbonyl (C=S) groups is 1. The first kappa shape index (κ1) is 15.6. The van der Waals surface area contributed by atoms with Crippen LogP contribution in [0.4, 0.5) is 10.1 Å². The van der Waals surface area contributed by atoms with E-state index in [2.05, 4.69) is 10.6 Å². The van der Waals surface area contributed by atoms with Gasteiger partial charge in [0.25, 0.3) is 0 Å². The van der Waals surface area contributed by atoms with Gasteiger partial charge in [0.15, 0.2) is 16.6 Å². The third-order valence-corrected chi connectivity index (χ3v) is 3.74. The first-order chi connectivity index (χ1) is 11.1. The molecular formula is C17H17FN2O2S. The second-order valence-electron chi connectivity index (χ2n) is 5.23. The Morgan fingerprint density at radius 1 is 1.09 bits per heavy atom. The number of hydrogen-bond acceptors (Lipinski definition) is 3. The summed E-state index contributed by atoms with van der Waals surface area (Å²) >= 11 is 5.32. The fourth-order valence-electron chi connectivity index (χ4n) is 2.32. The van der Waals surface area contributed by atoms with Gasteiger partial charge in [-0.2, -0.15) is 0 Å². The molecule has 2 aromatic rings. The van der Waals surface area contributed by atoms with Gasteiger partial charge in [0.1, 0.15) is 19.0 Å². The molecule has 0 aliphatic carbocycles. The Morgan fingerprint density at radius 2 is 1.78 bits per heavy atom. The van der Waals surface area contributed by atoms with Gasteiger partial charge in [-0.05, 0) is 49.0 Å². The molecule has 1 heterocycles. The van der Waals surface area contributed by atoms with Crippen molar-refractivity contribution in [3.05, 3.63) is 53.8 Å². The summed E-state index contributed by atoms with van der Waals surface area (Å²) in [4.78, 5) is 0. The van der Waals surface area contributed by atoms with Crippen molar-refractivity contribution in [2.45, 2.75) is 13.0 Å². The minimum atomic E-state index is -0.252. The number of anilines is 1. The van der Waals surface area contributed by atoms with Crippen LogP contribution in [0, 0.1) is 5.82 Å². The fraction of sp³-hybridized carbons (Fsp3) is 0.235. The standard InChI is InChI=1S/C17H17FN2O2S/c1-11(12-2-4-13(18)5-3-12)19-17(23)20-14-6-7-15-16(10-14)22-9-8-21-15/h2-7,10-11H,8-9H2,1H3,(H2,19,20,23)/t11-/m1/s1. The lowest BCUT2D eigenvalue weighted by Crippen LogP contribution is -2.31. The summed E-state index contributed by atoms with van der Waals surface area (Å²) in [6, 6.07) is 11.9. The molecule has 0 saturated carbocycles. The summed E-state index contributed by atoms with van der Waals surface area (Å²) in [5.74, 6) is 1.19. The van der Waals surface area contributed by atoms with Crippen molar-refractivity contribution in [1.29, 1.82) is 0 Å². The monoisotopic (exact) mass is 332 g/mol. The van der Waals surface area contributed by atoms with Crippen molar-refractivity contribution in [2.24, 2.45) is 0 Å². The molecule has 1 aliphatic rings. The van der Waals surface area contributed by atoms with Crippen molar-refractivity contribution in [3.8, 4) is 11.5 Å². The van der Waals surface area contributed by atoms with Crippen molar-refractivity contribution in [2.75, 3.05) is 18.5 Å². The first-order valence-corrected chi connectivity index (χ1v) is 7.75. The zero-order valence-corrected chi connectivity index (χ0v) is 13.5. The Hall–Kier alpha value is -2.34. The highest BCUT2D eigenvalue weighted by atomic mass is 32.1. The van der Waals surface area contributed by atoms with E-state index in [0.717, 1.165) is 17.0 Å². The number of ether oxygens (including phenoxy) is 2. The molecule has 0 radical (unpaired) electrons. The van der Waals surface area contributed by atoms with Gasteiger partial charge in [0, 0.05) is 11.8 Å². The summed E-state index contributed by atoms with van der Waals surface area (Å²) in [5.41, 5.74) is 1.77. The molecule has 0 fully saturated rings. The average molecular weight is 332 g/mol. The van der Waals surface area contributed by atoms with E-state index >= 15 is 0 Å². The van der Waals surface area contributed by atoms with Gasteiger partial charge in [-0.15, -0.1) is 0 Å². The van der Waals surface area contributed by atoms with Gasteiger partial charge in [0.2, 0.25) is 0 Å². The lowest BCUT2D eigenvalue weighted by Gasteiger charge is -2.20. The minimum Gasteiger partial charge on any atom is -0.486 e. The molecule has 0 aromatic heterocycles. The molecule has 0 spiro atoms. The van der Waals surface area contributed by atoms with E-state index in [9.17, 15) is 4.39 Å². The Labute approximate surface area is 139 Å². The molecule has 4 nitrogen and oxygen atoms in total. The average Bonchev–Trinajstić information content (AvgIpc) is 2.55. The predicted octanol–water partition coefficient (Wildman–Crippen LogP) is 3.64. The summed E-state index contributed by atoms with van der Waals surface area (Å²) in [5, 5.41) is 6.77. The van der Waals surface area contributed by atoms with Gasteiger partial charge >= 0.3 is 0 Å². The molecule has 0 bridgehead atoms. The summed E-state index contributed by atoms with van der Waals surface area (Å²) in [7, 11) is 0. The lowest BCUT2D eigenvalue weighted by molar-refractivity contribution is 0.171. The maximum Gasteiger partial charge on any atom is 0.171 e. The van der Waals surface area contributed by atoms with E-state index in [1.54, 1.807) is 12.1 Å². The van der Waals surface area contributed by atoms with Crippen LogP contribution in [0.3, 0.4) is 0 Å². The molecule has 0 unspecified atom stereocenters. The molecule has 23 heavy (non-hydrogen) atoms. The quantitative estimate of drug-likeness (QED) is 0.840. The molecule has 0 saturated heterocycles. The van der Waals surface area contributed by atoms with Crippen LogP contribution in [0.15, 0.2) is 42.5 Å². The highest BCUT2D eigenvalue weighted by Crippen LogP contribution is 2.32. The molecule has 2 aromatic carbocycles. The van der Waals surface area contributed by atoms with Crippen LogP contribution in [-0.4, -0.2) is 18.3 Å². The third kappa shape index (κ3) is 3.90. The number of hydrogen-bond donors (Lipinski definition) is 2. The summed E-state index contributed by atoms with van der Waals surface area (Å²) in [6.07, 6.45) is 0. The number of nitrogens with one attached hydrogen (secondary N) is 2. The Morgan fingerprint density at radius 3 is 2.52 bits per heavy atom. The zero-order valence-electron chi connectivity index (χ0n) is 12.6. The Balaban J connectivity index is 1.61. The summed E-state index contributed by atoms with van der Waals surface area (Å²) < 4.78 is 24.0. The topological polar surface area (TPSA) is 42.5 Å². The van der Waals surface area contributed by atoms with Gasteiger partial charge in [-0.1, -0.05) is 12.1 Å². The van der Waals surface area contributed by atoms with Crippen LogP contribution in [-0.2, 0) is 0 Å². The molecular weight excluding hydrogens is 315 g/mol. The number of halogens is 1. The lowest BCUT2D eigenvalue weighted by atomic mass is 10.1. The van der Waals surface area contributed by atoms with E-state index in [1.165, 1.54) is 12.1 Å². The highest BCUT2D eigenvalue weighted by molar-refractivity contribution is 7.80. The van der Waals surface area contributed by atoms with Gasteiger partial charge < -0.3 is 20.1 Å². The summed E-state index contributed by atoms with van der Waals surface area (Å²) in [6.45, 7) is 3.07. The SMILES string of the molecule is C[C@@H](NC(=S)Nc1ccc2c(c1)OCCO2)c1ccc(F)cc1. The highest BCUT2D eigenvalue weighted by Gasteiger charge is 2.13. The fourth-order valence-corrected chi connectivity index (χ4v) is 2.61. The predicted molar refractivity (Wildman–Crippen MR) is 91.6 cm³/mol. The third-order valence-electron chi connectivity index (χ3n) is 3.52. The van der Waals surface area contributed by atoms with Crippen LogP contribution in [0.1, 0.15) is 18.5 Å². The van der Waals surface area contributed by atoms with Crippen LogP contribution >= 0.6 is 12.2 Å². The van der Waals surface area contributed by atoms with Crippen molar-refractivity contribution < 1.29 is 13.9 Å². The van der Waals surface area contributed by atoms with Crippen molar-refractivity contribution in [1.82, 2.24) is 5.32 Å². The maximum absolute atomic E-state index is 13.0. The van der Waals surface area contributed by atoms with Crippen molar-refractivity contribution >= 4 is 23.0 Å². The first-order valence-electron chi connectivity index (χ1n) is 7.34. The minimum absolute atomic E-state index is 0.0344. The van der Waals surface area contributed by atoms with E-state index in [4.69, 9.17) is 21.7 Å². The number of fused-ring (bicyclic) bond motifs is 1. The number of rotatable bonds is 3. The molecule has 0 amide bonds. The Kier molecular flexibility index (Phi) is 4.62. The smallest absolute Gasteiger partial charge is 0.171 e. The second kappa shape index (κ2) is 6.83. The van der Waals surface area contributed by atoms with Crippen LogP contribution in [0.25, 0.3) is 0 Å². The second-order valence-corrected chi connectivity index (χ2v) is 5.64. The van der Waals surface area contributed by atoms with Crippen LogP contribution in [0.5, 0.6) is 11.5 Å². The maximum atomic E-state index is 13.0. The van der Waals surface area contributed by atoms with Crippen LogP contribution in [0.2, 0.25) is 0 Å². The van der Waals surface area contributed by atoms with Gasteiger partial charge in [0.05, 0.1) is 6.04 Å².